The van der Waals surface area contributed by atoms with Gasteiger partial charge in [0.05, 0.1) is 0 Å². The predicted molar refractivity (Wildman–Crippen MR) is 77.3 cm³/mol. The van der Waals surface area contributed by atoms with Crippen LogP contribution in [0.4, 0.5) is 70.2 Å². The molecule has 0 aromatic rings. The van der Waals surface area contributed by atoms with Gasteiger partial charge in [0.25, 0.3) is 0 Å². The van der Waals surface area contributed by atoms with Crippen molar-refractivity contribution in [2.45, 2.75) is 81.0 Å². The van der Waals surface area contributed by atoms with Crippen LogP contribution >= 0.6 is 0 Å². The molecule has 0 aromatic heterocycles. The van der Waals surface area contributed by atoms with E-state index in [-0.39, 0.29) is 0 Å². The minimum Gasteiger partial charge on any atom is -0.312 e. The average Bonchev–Trinajstić information content (AvgIpc) is 2.56. The molecule has 0 aliphatic rings. The minimum absolute atomic E-state index is 0.399. The number of hydrogen-bond donors (Lipinski definition) is 1. The molecule has 1 atom stereocenters. The highest BCUT2D eigenvalue weighted by Crippen LogP contribution is 2.63. The Morgan fingerprint density at radius 1 is 0.625 bits per heavy atom. The molecule has 0 saturated heterocycles. The zero-order chi connectivity index (χ0) is 26.4. The van der Waals surface area contributed by atoms with E-state index < -0.39 is 72.1 Å². The molecule has 32 heavy (non-hydrogen) atoms. The Hall–Kier alpha value is -1.42. The van der Waals surface area contributed by atoms with Crippen LogP contribution < -0.4 is 5.32 Å². The van der Waals surface area contributed by atoms with Crippen molar-refractivity contribution in [3.63, 3.8) is 0 Å². The van der Waals surface area contributed by atoms with E-state index in [9.17, 15) is 70.2 Å². The van der Waals surface area contributed by atoms with Gasteiger partial charge in [0.1, 0.15) is 0 Å². The largest absolute Gasteiger partial charge is 0.460 e. The third-order valence-electron chi connectivity index (χ3n) is 3.90. The molecule has 0 rings (SSSR count). The van der Waals surface area contributed by atoms with Crippen molar-refractivity contribution in [2.75, 3.05) is 0 Å². The molecule has 0 saturated carbocycles. The van der Waals surface area contributed by atoms with Crippen LogP contribution in [0, 0.1) is 0 Å². The van der Waals surface area contributed by atoms with Gasteiger partial charge >= 0.3 is 41.7 Å². The molecule has 1 N–H and O–H groups in total. The van der Waals surface area contributed by atoms with E-state index in [1.165, 1.54) is 13.8 Å². The maximum absolute atomic E-state index is 13.6. The van der Waals surface area contributed by atoms with Crippen LogP contribution in [-0.2, 0) is 0 Å². The Kier molecular flexibility index (Phi) is 8.35. The first-order valence-electron chi connectivity index (χ1n) is 8.19. The fraction of sp³-hybridized carbons (Fsp3) is 0.867. The van der Waals surface area contributed by atoms with Crippen LogP contribution in [0.3, 0.4) is 0 Å². The van der Waals surface area contributed by atoms with Crippen molar-refractivity contribution in [1.82, 2.24) is 5.32 Å². The van der Waals surface area contributed by atoms with Gasteiger partial charge in [-0.15, -0.1) is 0 Å². The molecule has 1 unspecified atom stereocenters. The van der Waals surface area contributed by atoms with E-state index in [0.717, 1.165) is 6.92 Å². The molecule has 0 spiro atoms. The molecule has 0 heterocycles. The number of rotatable bonds is 10. The highest BCUT2D eigenvalue weighted by atomic mass is 19.4. The van der Waals surface area contributed by atoms with E-state index >= 15 is 0 Å². The van der Waals surface area contributed by atoms with Gasteiger partial charge in [0.2, 0.25) is 0 Å². The summed E-state index contributed by atoms with van der Waals surface area (Å²) in [5, 5.41) is 2.49. The molecule has 0 amide bonds. The third-order valence-corrected chi connectivity index (χ3v) is 3.90. The normalized spacial score (nSPS) is 17.2. The molecule has 0 aliphatic carbocycles. The van der Waals surface area contributed by atoms with Gasteiger partial charge in [0.15, 0.2) is 5.83 Å². The van der Waals surface area contributed by atoms with Gasteiger partial charge in [-0.2, -0.15) is 65.9 Å². The van der Waals surface area contributed by atoms with Crippen molar-refractivity contribution in [1.29, 1.82) is 0 Å². The van der Waals surface area contributed by atoms with Crippen LogP contribution in [0.5, 0.6) is 0 Å². The van der Waals surface area contributed by atoms with Crippen molar-refractivity contribution in [3.8, 4) is 0 Å². The predicted octanol–water partition coefficient (Wildman–Crippen LogP) is 6.99. The molecule has 17 heteroatoms. The third kappa shape index (κ3) is 4.76. The van der Waals surface area contributed by atoms with Crippen LogP contribution in [0.15, 0.2) is 11.9 Å². The van der Waals surface area contributed by atoms with Crippen LogP contribution in [0.2, 0.25) is 0 Å². The second-order valence-corrected chi connectivity index (χ2v) is 6.95. The summed E-state index contributed by atoms with van der Waals surface area (Å²) in [4.78, 5) is 0. The highest BCUT2D eigenvalue weighted by Gasteiger charge is 2.93. The summed E-state index contributed by atoms with van der Waals surface area (Å²) in [6.45, 7) is 4.08. The topological polar surface area (TPSA) is 12.0 Å². The summed E-state index contributed by atoms with van der Waals surface area (Å²) in [6, 6.07) is -1.40. The van der Waals surface area contributed by atoms with Gasteiger partial charge in [0, 0.05) is 12.1 Å². The number of allylic oxidation sites excluding steroid dienone is 1. The second kappa shape index (κ2) is 8.74. The Morgan fingerprint density at radius 2 is 0.969 bits per heavy atom. The van der Waals surface area contributed by atoms with Gasteiger partial charge in [-0.05, 0) is 19.4 Å². The highest BCUT2D eigenvalue weighted by molar-refractivity contribution is 5.19. The molecule has 0 aliphatic heterocycles. The smallest absolute Gasteiger partial charge is 0.312 e. The van der Waals surface area contributed by atoms with Gasteiger partial charge in [-0.3, -0.25) is 0 Å². The molecule has 0 radical (unpaired) electrons. The van der Waals surface area contributed by atoms with Crippen molar-refractivity contribution < 1.29 is 70.2 Å². The fourth-order valence-corrected chi connectivity index (χ4v) is 2.16. The van der Waals surface area contributed by atoms with Gasteiger partial charge in [-0.1, -0.05) is 13.8 Å². The summed E-state index contributed by atoms with van der Waals surface area (Å²) in [7, 11) is 0. The van der Waals surface area contributed by atoms with Crippen LogP contribution in [0.1, 0.15) is 27.2 Å². The van der Waals surface area contributed by atoms with E-state index in [0.29, 0.717) is 0 Å². The minimum atomic E-state index is -8.43. The lowest BCUT2D eigenvalue weighted by molar-refractivity contribution is -0.450. The van der Waals surface area contributed by atoms with E-state index in [1.54, 1.807) is 0 Å². The standard InChI is InChI=1S/C15H15F16N/c1-6(2)32-7(3)4-5-8(16)9(17,18)10(19,20)11(21,22)12(23,24)13(25,26)14(27,28)15(29,30)31/h5-7,32H,4H2,1-3H3/b8-5-. The molecule has 1 nitrogen and oxygen atoms in total. The molecule has 192 valence electrons. The van der Waals surface area contributed by atoms with Crippen LogP contribution in [0.25, 0.3) is 0 Å². The monoisotopic (exact) mass is 513 g/mol. The zero-order valence-corrected chi connectivity index (χ0v) is 16.0. The molecular formula is C15H15F16N. The first kappa shape index (κ1) is 30.6. The van der Waals surface area contributed by atoms with E-state index in [1.807, 2.05) is 0 Å². The first-order valence-corrected chi connectivity index (χ1v) is 8.19. The SMILES string of the molecule is CC(C)NC(C)C/C=C(\F)C(F)(F)C(F)(F)C(F)(F)C(F)(F)C(F)(F)C(F)(F)C(F)(F)F. The van der Waals surface area contributed by atoms with Crippen molar-refractivity contribution >= 4 is 0 Å². The Bertz CT molecular complexity index is 675. The fourth-order valence-electron chi connectivity index (χ4n) is 2.16. The lowest BCUT2D eigenvalue weighted by atomic mass is 9.90. The van der Waals surface area contributed by atoms with Crippen molar-refractivity contribution in [3.05, 3.63) is 11.9 Å². The van der Waals surface area contributed by atoms with E-state index in [2.05, 4.69) is 5.32 Å². The van der Waals surface area contributed by atoms with E-state index in [4.69, 9.17) is 0 Å². The zero-order valence-electron chi connectivity index (χ0n) is 16.0. The molecule has 0 fully saturated rings. The van der Waals surface area contributed by atoms with Gasteiger partial charge < -0.3 is 5.32 Å². The molecular weight excluding hydrogens is 498 g/mol. The molecule has 0 aromatic carbocycles. The summed E-state index contributed by atoms with van der Waals surface area (Å²) < 4.78 is 209. The summed E-state index contributed by atoms with van der Waals surface area (Å²) in [5.41, 5.74) is 0. The maximum Gasteiger partial charge on any atom is 0.460 e. The van der Waals surface area contributed by atoms with Crippen molar-refractivity contribution in [2.24, 2.45) is 0 Å². The average molecular weight is 513 g/mol. The summed E-state index contributed by atoms with van der Waals surface area (Å²) >= 11 is 0. The lowest BCUT2D eigenvalue weighted by Gasteiger charge is -2.41. The summed E-state index contributed by atoms with van der Waals surface area (Å²) in [5.74, 6) is -51.6. The van der Waals surface area contributed by atoms with Gasteiger partial charge in [-0.25, -0.2) is 4.39 Å². The molecule has 0 bridgehead atoms. The Balaban J connectivity index is 6.36. The second-order valence-electron chi connectivity index (χ2n) is 6.95. The summed E-state index contributed by atoms with van der Waals surface area (Å²) in [6.07, 6.45) is -9.14. The number of alkyl halides is 15. The lowest BCUT2D eigenvalue weighted by Crippen LogP contribution is -2.72. The number of hydrogen-bond acceptors (Lipinski definition) is 1. The maximum atomic E-state index is 13.6. The quantitative estimate of drug-likeness (QED) is 0.311. The Labute approximate surface area is 169 Å². The number of halogens is 16. The first-order chi connectivity index (χ1) is 13.7. The van der Waals surface area contributed by atoms with Crippen LogP contribution in [-0.4, -0.2) is 53.8 Å². The Morgan fingerprint density at radius 3 is 1.31 bits per heavy atom. The number of nitrogens with one attached hydrogen (secondary N) is 1.